The van der Waals surface area contributed by atoms with Crippen molar-refractivity contribution in [1.82, 2.24) is 20.7 Å². The Morgan fingerprint density at radius 3 is 2.64 bits per heavy atom. The first-order chi connectivity index (χ1) is 10.1. The molecule has 0 unspecified atom stereocenters. The fourth-order valence-corrected chi connectivity index (χ4v) is 2.63. The zero-order valence-electron chi connectivity index (χ0n) is 13.8. The van der Waals surface area contributed by atoms with Gasteiger partial charge >= 0.3 is 0 Å². The first-order valence-corrected chi connectivity index (χ1v) is 7.70. The molecule has 1 aliphatic heterocycles. The van der Waals surface area contributed by atoms with Crippen molar-refractivity contribution < 1.29 is 4.52 Å². The molecule has 1 fully saturated rings. The molecule has 2 heterocycles. The molecular weight excluding hydrogens is 393 g/mol. The number of rotatable bonds is 5. The molecule has 0 atom stereocenters. The third-order valence-electron chi connectivity index (χ3n) is 4.05. The molecule has 1 aromatic heterocycles. The summed E-state index contributed by atoms with van der Waals surface area (Å²) in [5.74, 6) is 0.795. The van der Waals surface area contributed by atoms with Crippen LogP contribution in [0.1, 0.15) is 38.8 Å². The Morgan fingerprint density at radius 2 is 2.05 bits per heavy atom. The Kier molecular flexibility index (Phi) is 8.16. The average Bonchev–Trinajstić information content (AvgIpc) is 3.02. The van der Waals surface area contributed by atoms with Crippen molar-refractivity contribution in [2.75, 3.05) is 26.7 Å². The third-order valence-corrected chi connectivity index (χ3v) is 4.05. The molecule has 126 valence electrons. The number of hydrogen-bond acceptors (Lipinski definition) is 4. The van der Waals surface area contributed by atoms with E-state index in [2.05, 4.69) is 39.5 Å². The average molecular weight is 421 g/mol. The molecule has 2 N–H and O–H groups in total. The van der Waals surface area contributed by atoms with Crippen LogP contribution in [0.2, 0.25) is 0 Å². The van der Waals surface area contributed by atoms with E-state index in [0.717, 1.165) is 18.2 Å². The van der Waals surface area contributed by atoms with E-state index in [0.29, 0.717) is 6.54 Å². The highest BCUT2D eigenvalue weighted by molar-refractivity contribution is 14.0. The van der Waals surface area contributed by atoms with Gasteiger partial charge in [0.05, 0.1) is 6.54 Å². The van der Waals surface area contributed by atoms with Crippen LogP contribution in [0.5, 0.6) is 0 Å². The highest BCUT2D eigenvalue weighted by Crippen LogP contribution is 2.19. The SMILES string of the molecule is CN=C(NCc1ccon1)NCC(C)(C)N1CCCCC1.I. The van der Waals surface area contributed by atoms with Gasteiger partial charge in [-0.1, -0.05) is 11.6 Å². The zero-order chi connectivity index (χ0) is 15.1. The Hall–Kier alpha value is -0.830. The minimum Gasteiger partial charge on any atom is -0.364 e. The molecule has 2 rings (SSSR count). The Balaban J connectivity index is 0.00000242. The first kappa shape index (κ1) is 19.2. The minimum atomic E-state index is 0. The van der Waals surface area contributed by atoms with E-state index >= 15 is 0 Å². The van der Waals surface area contributed by atoms with Crippen molar-refractivity contribution in [3.8, 4) is 0 Å². The number of nitrogens with zero attached hydrogens (tertiary/aromatic N) is 3. The fraction of sp³-hybridized carbons (Fsp3) is 0.733. The van der Waals surface area contributed by atoms with Gasteiger partial charge in [0.15, 0.2) is 5.96 Å². The van der Waals surface area contributed by atoms with Crippen LogP contribution in [0.3, 0.4) is 0 Å². The number of aromatic nitrogens is 1. The quantitative estimate of drug-likeness (QED) is 0.434. The molecule has 0 bridgehead atoms. The van der Waals surface area contributed by atoms with Crippen LogP contribution in [0.15, 0.2) is 21.8 Å². The topological polar surface area (TPSA) is 65.7 Å². The summed E-state index contributed by atoms with van der Waals surface area (Å²) in [6.45, 7) is 8.44. The summed E-state index contributed by atoms with van der Waals surface area (Å²) in [6.07, 6.45) is 5.55. The van der Waals surface area contributed by atoms with Gasteiger partial charge in [-0.05, 0) is 39.8 Å². The number of aliphatic imine (C=N–C) groups is 1. The summed E-state index contributed by atoms with van der Waals surface area (Å²) in [6, 6.07) is 1.85. The molecule has 0 saturated carbocycles. The van der Waals surface area contributed by atoms with Crippen molar-refractivity contribution in [1.29, 1.82) is 0 Å². The Bertz CT molecular complexity index is 441. The summed E-state index contributed by atoms with van der Waals surface area (Å²) in [7, 11) is 1.78. The van der Waals surface area contributed by atoms with Crippen LogP contribution >= 0.6 is 24.0 Å². The maximum Gasteiger partial charge on any atom is 0.191 e. The largest absolute Gasteiger partial charge is 0.364 e. The number of hydrogen-bond donors (Lipinski definition) is 2. The van der Waals surface area contributed by atoms with Gasteiger partial charge in [0.1, 0.15) is 12.0 Å². The summed E-state index contributed by atoms with van der Waals surface area (Å²) < 4.78 is 4.82. The van der Waals surface area contributed by atoms with Gasteiger partial charge in [-0.25, -0.2) is 0 Å². The monoisotopic (exact) mass is 421 g/mol. The molecule has 1 saturated heterocycles. The molecular formula is C15H28IN5O. The lowest BCUT2D eigenvalue weighted by molar-refractivity contribution is 0.0982. The summed E-state index contributed by atoms with van der Waals surface area (Å²) in [5.41, 5.74) is 1.000. The zero-order valence-corrected chi connectivity index (χ0v) is 16.1. The molecule has 1 aliphatic rings. The minimum absolute atomic E-state index is 0. The molecule has 7 heteroatoms. The number of nitrogens with one attached hydrogen (secondary N) is 2. The van der Waals surface area contributed by atoms with Gasteiger partial charge in [-0.15, -0.1) is 24.0 Å². The van der Waals surface area contributed by atoms with Crippen LogP contribution in [-0.4, -0.2) is 48.2 Å². The second-order valence-electron chi connectivity index (χ2n) is 6.13. The number of halogens is 1. The second-order valence-corrected chi connectivity index (χ2v) is 6.13. The fourth-order valence-electron chi connectivity index (χ4n) is 2.63. The lowest BCUT2D eigenvalue weighted by Gasteiger charge is -2.41. The molecule has 0 spiro atoms. The van der Waals surface area contributed by atoms with E-state index in [1.54, 1.807) is 13.3 Å². The Morgan fingerprint density at radius 1 is 1.32 bits per heavy atom. The summed E-state index contributed by atoms with van der Waals surface area (Å²) in [4.78, 5) is 6.82. The molecule has 0 aliphatic carbocycles. The maximum atomic E-state index is 4.82. The highest BCUT2D eigenvalue weighted by atomic mass is 127. The van der Waals surface area contributed by atoms with Gasteiger partial charge in [-0.3, -0.25) is 9.89 Å². The van der Waals surface area contributed by atoms with E-state index < -0.39 is 0 Å². The molecule has 0 radical (unpaired) electrons. The van der Waals surface area contributed by atoms with E-state index in [-0.39, 0.29) is 29.5 Å². The van der Waals surface area contributed by atoms with Gasteiger partial charge in [0.2, 0.25) is 0 Å². The predicted octanol–water partition coefficient (Wildman–Crippen LogP) is 2.22. The van der Waals surface area contributed by atoms with Crippen LogP contribution in [0, 0.1) is 0 Å². The van der Waals surface area contributed by atoms with Crippen molar-refractivity contribution >= 4 is 29.9 Å². The third kappa shape index (κ3) is 5.75. The van der Waals surface area contributed by atoms with Crippen LogP contribution in [0.4, 0.5) is 0 Å². The van der Waals surface area contributed by atoms with Crippen LogP contribution < -0.4 is 10.6 Å². The van der Waals surface area contributed by atoms with E-state index in [4.69, 9.17) is 4.52 Å². The Labute approximate surface area is 150 Å². The van der Waals surface area contributed by atoms with Gasteiger partial charge in [0, 0.05) is 25.2 Å². The molecule has 0 amide bonds. The first-order valence-electron chi connectivity index (χ1n) is 7.70. The highest BCUT2D eigenvalue weighted by Gasteiger charge is 2.27. The van der Waals surface area contributed by atoms with Crippen molar-refractivity contribution in [2.24, 2.45) is 4.99 Å². The standard InChI is InChI=1S/C15H27N5O.HI/c1-15(2,20-8-5-4-6-9-20)12-18-14(16-3)17-11-13-7-10-21-19-13;/h7,10H,4-6,8-9,11-12H2,1-3H3,(H2,16,17,18);1H. The molecule has 22 heavy (non-hydrogen) atoms. The molecule has 6 nitrogen and oxygen atoms in total. The number of piperidine rings is 1. The maximum absolute atomic E-state index is 4.82. The van der Waals surface area contributed by atoms with Crippen molar-refractivity contribution in [3.05, 3.63) is 18.0 Å². The van der Waals surface area contributed by atoms with Crippen molar-refractivity contribution in [2.45, 2.75) is 45.2 Å². The lowest BCUT2D eigenvalue weighted by Crippen LogP contribution is -2.54. The number of likely N-dealkylation sites (tertiary alicyclic amines) is 1. The molecule has 1 aromatic rings. The molecule has 0 aromatic carbocycles. The summed E-state index contributed by atoms with van der Waals surface area (Å²) in [5, 5.41) is 10.5. The van der Waals surface area contributed by atoms with E-state index in [9.17, 15) is 0 Å². The van der Waals surface area contributed by atoms with E-state index in [1.165, 1.54) is 32.4 Å². The second kappa shape index (κ2) is 9.34. The summed E-state index contributed by atoms with van der Waals surface area (Å²) >= 11 is 0. The lowest BCUT2D eigenvalue weighted by atomic mass is 9.98. The van der Waals surface area contributed by atoms with Gasteiger partial charge in [-0.2, -0.15) is 0 Å². The smallest absolute Gasteiger partial charge is 0.191 e. The number of guanidine groups is 1. The van der Waals surface area contributed by atoms with Gasteiger partial charge < -0.3 is 15.2 Å². The van der Waals surface area contributed by atoms with Crippen LogP contribution in [0.25, 0.3) is 0 Å². The van der Waals surface area contributed by atoms with Crippen molar-refractivity contribution in [3.63, 3.8) is 0 Å². The normalized spacial score (nSPS) is 17.0. The van der Waals surface area contributed by atoms with E-state index in [1.807, 2.05) is 6.07 Å². The van der Waals surface area contributed by atoms with Gasteiger partial charge in [0.25, 0.3) is 0 Å². The predicted molar refractivity (Wildman–Crippen MR) is 99.6 cm³/mol. The van der Waals surface area contributed by atoms with Crippen LogP contribution in [-0.2, 0) is 6.54 Å².